The average Bonchev–Trinajstić information content (AvgIpc) is 2.53. The van der Waals surface area contributed by atoms with Crippen molar-refractivity contribution in [2.75, 3.05) is 6.61 Å². The van der Waals surface area contributed by atoms with E-state index in [4.69, 9.17) is 5.11 Å². The molecule has 0 spiro atoms. The van der Waals surface area contributed by atoms with Crippen molar-refractivity contribution >= 4 is 5.78 Å². The van der Waals surface area contributed by atoms with Crippen molar-refractivity contribution in [1.82, 2.24) is 0 Å². The van der Waals surface area contributed by atoms with E-state index in [1.165, 1.54) is 0 Å². The Bertz CT molecular complexity index is 138. The lowest BCUT2D eigenvalue weighted by Crippen LogP contribution is -2.30. The molecule has 0 bridgehead atoms. The number of ketones is 1. The third kappa shape index (κ3) is 2.01. The lowest BCUT2D eigenvalue weighted by atomic mass is 9.98. The second kappa shape index (κ2) is 3.83. The first-order chi connectivity index (χ1) is 5.25. The molecule has 1 rings (SSSR count). The third-order valence-electron chi connectivity index (χ3n) is 2.33. The number of hydrogen-bond donors (Lipinski definition) is 2. The normalized spacial score (nSPS) is 22.0. The highest BCUT2D eigenvalue weighted by Crippen LogP contribution is 2.27. The van der Waals surface area contributed by atoms with E-state index in [0.717, 1.165) is 25.7 Å². The number of Topliss-reactive ketones (excluding diaryl/α,β-unsaturated/α-hetero) is 1. The number of aliphatic hydroxyl groups excluding tert-OH is 2. The van der Waals surface area contributed by atoms with Crippen LogP contribution in [0.15, 0.2) is 0 Å². The summed E-state index contributed by atoms with van der Waals surface area (Å²) in [6.45, 7) is -0.530. The highest BCUT2D eigenvalue weighted by molar-refractivity contribution is 5.84. The smallest absolute Gasteiger partial charge is 0.186 e. The van der Waals surface area contributed by atoms with Gasteiger partial charge in [-0.1, -0.05) is 12.8 Å². The van der Waals surface area contributed by atoms with E-state index in [1.54, 1.807) is 0 Å². The lowest BCUT2D eigenvalue weighted by Gasteiger charge is -2.14. The van der Waals surface area contributed by atoms with Crippen LogP contribution in [-0.4, -0.2) is 28.7 Å². The second-order valence-corrected chi connectivity index (χ2v) is 3.11. The first kappa shape index (κ1) is 8.68. The molecule has 0 aromatic rings. The van der Waals surface area contributed by atoms with Gasteiger partial charge in [-0.25, -0.2) is 0 Å². The minimum Gasteiger partial charge on any atom is -0.388 e. The van der Waals surface area contributed by atoms with E-state index >= 15 is 0 Å². The summed E-state index contributed by atoms with van der Waals surface area (Å²) in [5, 5.41) is 17.8. The van der Waals surface area contributed by atoms with Crippen molar-refractivity contribution in [3.8, 4) is 0 Å². The molecule has 11 heavy (non-hydrogen) atoms. The van der Waals surface area contributed by atoms with Gasteiger partial charge in [0.15, 0.2) is 5.78 Å². The quantitative estimate of drug-likeness (QED) is 0.612. The molecule has 1 aliphatic rings. The van der Waals surface area contributed by atoms with Crippen LogP contribution in [0.2, 0.25) is 0 Å². The second-order valence-electron chi connectivity index (χ2n) is 3.11. The number of hydrogen-bond acceptors (Lipinski definition) is 3. The van der Waals surface area contributed by atoms with Gasteiger partial charge < -0.3 is 10.2 Å². The van der Waals surface area contributed by atoms with Crippen molar-refractivity contribution in [2.24, 2.45) is 5.92 Å². The summed E-state index contributed by atoms with van der Waals surface area (Å²) < 4.78 is 0. The molecule has 1 atom stereocenters. The average molecular weight is 158 g/mol. The van der Waals surface area contributed by atoms with Crippen molar-refractivity contribution in [1.29, 1.82) is 0 Å². The van der Waals surface area contributed by atoms with Gasteiger partial charge in [-0.2, -0.15) is 0 Å². The van der Waals surface area contributed by atoms with Crippen LogP contribution in [0.1, 0.15) is 25.7 Å². The summed E-state index contributed by atoms with van der Waals surface area (Å²) in [6.07, 6.45) is 3.13. The van der Waals surface area contributed by atoms with Gasteiger partial charge in [0.1, 0.15) is 12.7 Å². The van der Waals surface area contributed by atoms with E-state index in [9.17, 15) is 9.90 Å². The van der Waals surface area contributed by atoms with Gasteiger partial charge in [-0.15, -0.1) is 0 Å². The van der Waals surface area contributed by atoms with Gasteiger partial charge in [0.25, 0.3) is 0 Å². The minimum absolute atomic E-state index is 0.106. The zero-order valence-electron chi connectivity index (χ0n) is 6.49. The zero-order chi connectivity index (χ0) is 8.27. The van der Waals surface area contributed by atoms with Crippen molar-refractivity contribution in [2.45, 2.75) is 31.8 Å². The molecule has 0 aromatic heterocycles. The van der Waals surface area contributed by atoms with Crippen molar-refractivity contribution < 1.29 is 15.0 Å². The molecular weight excluding hydrogens is 144 g/mol. The van der Waals surface area contributed by atoms with Gasteiger partial charge in [-0.3, -0.25) is 4.79 Å². The molecule has 1 aliphatic carbocycles. The Hall–Kier alpha value is -0.410. The highest BCUT2D eigenvalue weighted by atomic mass is 16.3. The molecule has 3 heteroatoms. The van der Waals surface area contributed by atoms with Gasteiger partial charge >= 0.3 is 0 Å². The molecule has 3 nitrogen and oxygen atoms in total. The molecule has 0 radical (unpaired) electrons. The fourth-order valence-corrected chi connectivity index (χ4v) is 1.63. The van der Waals surface area contributed by atoms with E-state index in [-0.39, 0.29) is 5.92 Å². The summed E-state index contributed by atoms with van der Waals surface area (Å²) >= 11 is 0. The van der Waals surface area contributed by atoms with Crippen LogP contribution in [0.5, 0.6) is 0 Å². The molecule has 0 unspecified atom stereocenters. The van der Waals surface area contributed by atoms with Crippen LogP contribution in [0.4, 0.5) is 0 Å². The summed E-state index contributed by atoms with van der Waals surface area (Å²) in [6, 6.07) is 0. The molecule has 0 aliphatic heterocycles. The highest BCUT2D eigenvalue weighted by Gasteiger charge is 2.27. The van der Waals surface area contributed by atoms with Crippen LogP contribution in [0.25, 0.3) is 0 Å². The monoisotopic (exact) mass is 158 g/mol. The van der Waals surface area contributed by atoms with E-state index in [2.05, 4.69) is 0 Å². The summed E-state index contributed by atoms with van der Waals surface area (Å²) in [4.78, 5) is 10.8. The maximum absolute atomic E-state index is 10.8. The Kier molecular flexibility index (Phi) is 3.02. The summed E-state index contributed by atoms with van der Waals surface area (Å²) in [5.41, 5.74) is 0. The molecule has 1 fully saturated rings. The third-order valence-corrected chi connectivity index (χ3v) is 2.33. The molecule has 1 saturated carbocycles. The standard InChI is InChI=1S/C8H14O3/c9-5-7(10)8(11)6-3-1-2-4-6/h6,8-9,11H,1-5H2/t8-/m1/s1. The van der Waals surface area contributed by atoms with E-state index < -0.39 is 18.5 Å². The summed E-state index contributed by atoms with van der Waals surface area (Å²) in [7, 11) is 0. The summed E-state index contributed by atoms with van der Waals surface area (Å²) in [5.74, 6) is -0.327. The van der Waals surface area contributed by atoms with Crippen molar-refractivity contribution in [3.05, 3.63) is 0 Å². The first-order valence-corrected chi connectivity index (χ1v) is 4.07. The predicted octanol–water partition coefficient (Wildman–Crippen LogP) is 0.0989. The number of aliphatic hydroxyl groups is 2. The van der Waals surface area contributed by atoms with Crippen LogP contribution in [-0.2, 0) is 4.79 Å². The maximum Gasteiger partial charge on any atom is 0.186 e. The van der Waals surface area contributed by atoms with Crippen LogP contribution in [0.3, 0.4) is 0 Å². The van der Waals surface area contributed by atoms with Gasteiger partial charge in [0.2, 0.25) is 0 Å². The molecule has 64 valence electrons. The van der Waals surface area contributed by atoms with Crippen LogP contribution in [0, 0.1) is 5.92 Å². The molecule has 0 heterocycles. The Balaban J connectivity index is 2.39. The number of rotatable bonds is 3. The fraction of sp³-hybridized carbons (Fsp3) is 0.875. The van der Waals surface area contributed by atoms with Gasteiger partial charge in [0.05, 0.1) is 0 Å². The number of carbonyl (C=O) groups excluding carboxylic acids is 1. The SMILES string of the molecule is O=C(CO)[C@H](O)C1CCCC1. The van der Waals surface area contributed by atoms with E-state index in [1.807, 2.05) is 0 Å². The Morgan fingerprint density at radius 3 is 2.45 bits per heavy atom. The maximum atomic E-state index is 10.8. The molecule has 0 aromatic carbocycles. The predicted molar refractivity (Wildman–Crippen MR) is 40.1 cm³/mol. The number of carbonyl (C=O) groups is 1. The first-order valence-electron chi connectivity index (χ1n) is 4.07. The van der Waals surface area contributed by atoms with E-state index in [0.29, 0.717) is 0 Å². The Morgan fingerprint density at radius 1 is 1.45 bits per heavy atom. The van der Waals surface area contributed by atoms with Crippen molar-refractivity contribution in [3.63, 3.8) is 0 Å². The minimum atomic E-state index is -0.914. The Labute approximate surface area is 66.0 Å². The topological polar surface area (TPSA) is 57.5 Å². The molecule has 2 N–H and O–H groups in total. The lowest BCUT2D eigenvalue weighted by molar-refractivity contribution is -0.132. The fourth-order valence-electron chi connectivity index (χ4n) is 1.63. The molecule has 0 saturated heterocycles. The largest absolute Gasteiger partial charge is 0.388 e. The zero-order valence-corrected chi connectivity index (χ0v) is 6.49. The van der Waals surface area contributed by atoms with Gasteiger partial charge in [0, 0.05) is 0 Å². The van der Waals surface area contributed by atoms with Crippen LogP contribution >= 0.6 is 0 Å². The van der Waals surface area contributed by atoms with Crippen LogP contribution < -0.4 is 0 Å². The molecule has 0 amide bonds. The van der Waals surface area contributed by atoms with Gasteiger partial charge in [-0.05, 0) is 18.8 Å². The molecular formula is C8H14O3. The Morgan fingerprint density at radius 2 is 2.00 bits per heavy atom.